The van der Waals surface area contributed by atoms with Gasteiger partial charge in [-0.1, -0.05) is 17.7 Å². The van der Waals surface area contributed by atoms with Crippen LogP contribution in [0.1, 0.15) is 13.3 Å². The summed E-state index contributed by atoms with van der Waals surface area (Å²) >= 11 is 0. The molecule has 0 aromatic carbocycles. The Balaban J connectivity index is 3.01. The summed E-state index contributed by atoms with van der Waals surface area (Å²) in [6, 6.07) is 1.66. The van der Waals surface area contributed by atoms with Crippen molar-refractivity contribution in [1.29, 1.82) is 5.26 Å². The third kappa shape index (κ3) is 2.11. The Kier molecular flexibility index (Phi) is 2.46. The summed E-state index contributed by atoms with van der Waals surface area (Å²) in [5.41, 5.74) is 0.0696. The van der Waals surface area contributed by atoms with Gasteiger partial charge in [-0.05, 0) is 13.3 Å². The molecule has 13 heavy (non-hydrogen) atoms. The zero-order chi connectivity index (χ0) is 10.1. The summed E-state index contributed by atoms with van der Waals surface area (Å²) in [6.07, 6.45) is -1.79. The standard InChI is InChI=1S/C9H8F3N/c1-6-2-3-8(9(10,11)12)7(4-6)5-13/h2-3,7H,4H2,1H3. The van der Waals surface area contributed by atoms with Gasteiger partial charge in [0.05, 0.1) is 17.6 Å². The second-order valence-corrected chi connectivity index (χ2v) is 3.02. The van der Waals surface area contributed by atoms with E-state index in [2.05, 4.69) is 0 Å². The number of halogens is 3. The van der Waals surface area contributed by atoms with E-state index in [1.807, 2.05) is 0 Å². The average molecular weight is 187 g/mol. The lowest BCUT2D eigenvalue weighted by molar-refractivity contribution is -0.0971. The third-order valence-corrected chi connectivity index (χ3v) is 1.93. The number of hydrogen-bond donors (Lipinski definition) is 0. The van der Waals surface area contributed by atoms with Crippen LogP contribution in [0, 0.1) is 17.2 Å². The Morgan fingerprint density at radius 3 is 2.54 bits per heavy atom. The second-order valence-electron chi connectivity index (χ2n) is 3.02. The van der Waals surface area contributed by atoms with Gasteiger partial charge in [-0.25, -0.2) is 0 Å². The number of nitrogens with zero attached hydrogens (tertiary/aromatic N) is 1. The van der Waals surface area contributed by atoms with Gasteiger partial charge in [0.2, 0.25) is 0 Å². The van der Waals surface area contributed by atoms with Crippen LogP contribution in [0.5, 0.6) is 0 Å². The van der Waals surface area contributed by atoms with Gasteiger partial charge in [0.1, 0.15) is 0 Å². The summed E-state index contributed by atoms with van der Waals surface area (Å²) in [5.74, 6) is -1.04. The summed E-state index contributed by atoms with van der Waals surface area (Å²) in [7, 11) is 0. The molecular formula is C9H8F3N. The van der Waals surface area contributed by atoms with Gasteiger partial charge in [0.15, 0.2) is 0 Å². The van der Waals surface area contributed by atoms with Crippen molar-refractivity contribution >= 4 is 0 Å². The van der Waals surface area contributed by atoms with E-state index in [1.54, 1.807) is 13.0 Å². The highest BCUT2D eigenvalue weighted by atomic mass is 19.4. The molecule has 1 atom stereocenters. The van der Waals surface area contributed by atoms with E-state index in [4.69, 9.17) is 5.26 Å². The normalized spacial score (nSPS) is 23.2. The van der Waals surface area contributed by atoms with Crippen molar-refractivity contribution in [3.8, 4) is 6.07 Å². The molecule has 0 fully saturated rings. The fourth-order valence-corrected chi connectivity index (χ4v) is 1.26. The monoisotopic (exact) mass is 187 g/mol. The number of allylic oxidation sites excluding steroid dienone is 4. The predicted molar refractivity (Wildman–Crippen MR) is 41.6 cm³/mol. The molecule has 0 saturated carbocycles. The minimum absolute atomic E-state index is 0.182. The molecule has 0 aliphatic heterocycles. The van der Waals surface area contributed by atoms with Gasteiger partial charge in [-0.15, -0.1) is 0 Å². The van der Waals surface area contributed by atoms with Crippen molar-refractivity contribution in [2.24, 2.45) is 5.92 Å². The molecule has 1 unspecified atom stereocenters. The van der Waals surface area contributed by atoms with Crippen molar-refractivity contribution in [2.75, 3.05) is 0 Å². The van der Waals surface area contributed by atoms with Gasteiger partial charge < -0.3 is 0 Å². The maximum atomic E-state index is 12.3. The van der Waals surface area contributed by atoms with Crippen LogP contribution in [0.25, 0.3) is 0 Å². The second kappa shape index (κ2) is 3.25. The average Bonchev–Trinajstić information content (AvgIpc) is 2.01. The van der Waals surface area contributed by atoms with E-state index in [-0.39, 0.29) is 6.42 Å². The quantitative estimate of drug-likeness (QED) is 0.572. The third-order valence-electron chi connectivity index (χ3n) is 1.93. The van der Waals surface area contributed by atoms with Crippen LogP contribution in [0.4, 0.5) is 13.2 Å². The first-order valence-electron chi connectivity index (χ1n) is 3.79. The summed E-state index contributed by atoms with van der Waals surface area (Å²) < 4.78 is 36.8. The van der Waals surface area contributed by atoms with Gasteiger partial charge in [0, 0.05) is 0 Å². The largest absolute Gasteiger partial charge is 0.413 e. The fraction of sp³-hybridized carbons (Fsp3) is 0.444. The van der Waals surface area contributed by atoms with E-state index in [9.17, 15) is 13.2 Å². The lowest BCUT2D eigenvalue weighted by atomic mass is 9.88. The molecule has 1 aliphatic rings. The van der Waals surface area contributed by atoms with E-state index in [1.165, 1.54) is 6.08 Å². The summed E-state index contributed by atoms with van der Waals surface area (Å²) in [5, 5.41) is 8.52. The Hall–Kier alpha value is -1.24. The summed E-state index contributed by atoms with van der Waals surface area (Å²) in [4.78, 5) is 0. The van der Waals surface area contributed by atoms with E-state index in [0.29, 0.717) is 0 Å². The predicted octanol–water partition coefficient (Wildman–Crippen LogP) is 2.96. The molecule has 1 nitrogen and oxygen atoms in total. The zero-order valence-corrected chi connectivity index (χ0v) is 7.02. The molecule has 0 amide bonds. The molecular weight excluding hydrogens is 179 g/mol. The fourth-order valence-electron chi connectivity index (χ4n) is 1.26. The van der Waals surface area contributed by atoms with Crippen molar-refractivity contribution in [3.05, 3.63) is 23.3 Å². The SMILES string of the molecule is CC1=CC=C(C(F)(F)F)C(C#N)C1. The Bertz CT molecular complexity index is 304. The molecule has 0 radical (unpaired) electrons. The number of alkyl halides is 3. The van der Waals surface area contributed by atoms with Crippen molar-refractivity contribution in [3.63, 3.8) is 0 Å². The van der Waals surface area contributed by atoms with Crippen LogP contribution < -0.4 is 0 Å². The van der Waals surface area contributed by atoms with Gasteiger partial charge >= 0.3 is 6.18 Å². The van der Waals surface area contributed by atoms with Crippen LogP contribution >= 0.6 is 0 Å². The number of nitriles is 1. The molecule has 0 heterocycles. The van der Waals surface area contributed by atoms with Crippen molar-refractivity contribution in [1.82, 2.24) is 0 Å². The molecule has 70 valence electrons. The van der Waals surface area contributed by atoms with Crippen LogP contribution in [0.2, 0.25) is 0 Å². The highest BCUT2D eigenvalue weighted by molar-refractivity contribution is 5.32. The van der Waals surface area contributed by atoms with Crippen molar-refractivity contribution in [2.45, 2.75) is 19.5 Å². The molecule has 1 aliphatic carbocycles. The van der Waals surface area contributed by atoms with Crippen LogP contribution in [0.15, 0.2) is 23.3 Å². The molecule has 0 spiro atoms. The van der Waals surface area contributed by atoms with E-state index < -0.39 is 17.7 Å². The first kappa shape index (κ1) is 9.85. The molecule has 0 aromatic heterocycles. The maximum absolute atomic E-state index is 12.3. The zero-order valence-electron chi connectivity index (χ0n) is 7.02. The Labute approximate surface area is 74.2 Å². The molecule has 0 saturated heterocycles. The maximum Gasteiger partial charge on any atom is 0.413 e. The number of rotatable bonds is 0. The molecule has 0 bridgehead atoms. The van der Waals surface area contributed by atoms with Crippen molar-refractivity contribution < 1.29 is 13.2 Å². The van der Waals surface area contributed by atoms with Crippen LogP contribution in [-0.2, 0) is 0 Å². The van der Waals surface area contributed by atoms with Crippen LogP contribution in [0.3, 0.4) is 0 Å². The van der Waals surface area contributed by atoms with Crippen LogP contribution in [-0.4, -0.2) is 6.18 Å². The number of hydrogen-bond acceptors (Lipinski definition) is 1. The molecule has 1 rings (SSSR count). The smallest absolute Gasteiger partial charge is 0.198 e. The Morgan fingerprint density at radius 2 is 2.08 bits per heavy atom. The lowest BCUT2D eigenvalue weighted by Gasteiger charge is -2.19. The minimum Gasteiger partial charge on any atom is -0.198 e. The topological polar surface area (TPSA) is 23.8 Å². The van der Waals surface area contributed by atoms with Gasteiger partial charge in [0.25, 0.3) is 0 Å². The van der Waals surface area contributed by atoms with Gasteiger partial charge in [-0.2, -0.15) is 18.4 Å². The lowest BCUT2D eigenvalue weighted by Crippen LogP contribution is -2.21. The minimum atomic E-state index is -4.38. The Morgan fingerprint density at radius 1 is 1.46 bits per heavy atom. The van der Waals surface area contributed by atoms with Gasteiger partial charge in [-0.3, -0.25) is 0 Å². The van der Waals surface area contributed by atoms with E-state index >= 15 is 0 Å². The molecule has 4 heteroatoms. The first-order valence-corrected chi connectivity index (χ1v) is 3.79. The first-order chi connectivity index (χ1) is 5.95. The highest BCUT2D eigenvalue weighted by Gasteiger charge is 2.39. The molecule has 0 aromatic rings. The van der Waals surface area contributed by atoms with E-state index in [0.717, 1.165) is 11.6 Å². The molecule has 0 N–H and O–H groups in total. The highest BCUT2D eigenvalue weighted by Crippen LogP contribution is 2.36. The summed E-state index contributed by atoms with van der Waals surface area (Å²) in [6.45, 7) is 1.72.